The summed E-state index contributed by atoms with van der Waals surface area (Å²) in [6, 6.07) is 3.83. The van der Waals surface area contributed by atoms with Crippen LogP contribution in [0.4, 0.5) is 0 Å². The Labute approximate surface area is 189 Å². The monoisotopic (exact) mass is 450 g/mol. The van der Waals surface area contributed by atoms with E-state index in [-0.39, 0.29) is 17.8 Å². The Balaban J connectivity index is 1.48. The van der Waals surface area contributed by atoms with Gasteiger partial charge in [0.2, 0.25) is 0 Å². The van der Waals surface area contributed by atoms with Crippen LogP contribution in [0.25, 0.3) is 33.6 Å². The number of halogens is 1. The number of pyridine rings is 1. The lowest BCUT2D eigenvalue weighted by Crippen LogP contribution is -2.45. The molecule has 4 aromatic heterocycles. The maximum Gasteiger partial charge on any atom is 0.307 e. The summed E-state index contributed by atoms with van der Waals surface area (Å²) < 4.78 is 1.97. The second-order valence-electron chi connectivity index (χ2n) is 9.19. The predicted octanol–water partition coefficient (Wildman–Crippen LogP) is 4.24. The van der Waals surface area contributed by atoms with Crippen LogP contribution in [0.1, 0.15) is 31.4 Å². The normalized spacial score (nSPS) is 25.1. The first-order chi connectivity index (χ1) is 15.5. The number of aromatic nitrogens is 6. The van der Waals surface area contributed by atoms with Crippen LogP contribution in [0.3, 0.4) is 0 Å². The molecule has 4 aromatic rings. The number of nitrogens with one attached hydrogen (secondary N) is 1. The van der Waals surface area contributed by atoms with Crippen LogP contribution in [0.2, 0.25) is 5.02 Å². The fraction of sp³-hybridized carbons (Fsp3) is 0.435. The fourth-order valence-corrected chi connectivity index (χ4v) is 6.15. The highest BCUT2D eigenvalue weighted by atomic mass is 35.5. The lowest BCUT2D eigenvalue weighted by molar-refractivity contribution is -0.152. The average molecular weight is 451 g/mol. The molecule has 3 fully saturated rings. The van der Waals surface area contributed by atoms with Gasteiger partial charge in [-0.05, 0) is 62.0 Å². The number of aryl methyl sites for hydroxylation is 1. The zero-order valence-electron chi connectivity index (χ0n) is 17.6. The molecule has 4 heterocycles. The zero-order chi connectivity index (χ0) is 22.0. The maximum atomic E-state index is 12.2. The van der Waals surface area contributed by atoms with Gasteiger partial charge in [-0.15, -0.1) is 0 Å². The Kier molecular flexibility index (Phi) is 4.47. The van der Waals surface area contributed by atoms with Crippen molar-refractivity contribution in [2.24, 2.45) is 30.7 Å². The maximum absolute atomic E-state index is 12.2. The van der Waals surface area contributed by atoms with E-state index in [4.69, 9.17) is 21.6 Å². The van der Waals surface area contributed by atoms with Gasteiger partial charge in [0, 0.05) is 24.8 Å². The van der Waals surface area contributed by atoms with Crippen LogP contribution in [-0.4, -0.2) is 40.8 Å². The van der Waals surface area contributed by atoms with Gasteiger partial charge in [0.05, 0.1) is 22.0 Å². The number of hydrogen-bond donors (Lipinski definition) is 2. The molecule has 32 heavy (non-hydrogen) atoms. The summed E-state index contributed by atoms with van der Waals surface area (Å²) >= 11 is 6.18. The molecular formula is C23H23ClN6O2. The molecule has 2 N–H and O–H groups in total. The largest absolute Gasteiger partial charge is 0.481 e. The molecule has 2 bridgehead atoms. The zero-order valence-corrected chi connectivity index (χ0v) is 18.4. The van der Waals surface area contributed by atoms with Crippen molar-refractivity contribution in [2.45, 2.75) is 32.1 Å². The first kappa shape index (κ1) is 19.7. The van der Waals surface area contributed by atoms with E-state index in [1.165, 1.54) is 0 Å². The number of H-pyrrole nitrogens is 1. The van der Waals surface area contributed by atoms with Crippen LogP contribution < -0.4 is 0 Å². The predicted molar refractivity (Wildman–Crippen MR) is 120 cm³/mol. The molecular weight excluding hydrogens is 428 g/mol. The highest BCUT2D eigenvalue weighted by Gasteiger charge is 2.47. The van der Waals surface area contributed by atoms with Gasteiger partial charge in [0.15, 0.2) is 11.5 Å². The minimum absolute atomic E-state index is 0.0979. The number of rotatable bonds is 4. The third-order valence-electron chi connectivity index (χ3n) is 7.51. The van der Waals surface area contributed by atoms with Crippen LogP contribution in [0.15, 0.2) is 24.5 Å². The Morgan fingerprint density at radius 3 is 2.78 bits per heavy atom. The topological polar surface area (TPSA) is 110 Å². The van der Waals surface area contributed by atoms with Gasteiger partial charge in [-0.1, -0.05) is 11.6 Å². The van der Waals surface area contributed by atoms with E-state index in [1.807, 2.05) is 29.9 Å². The second kappa shape index (κ2) is 7.27. The summed E-state index contributed by atoms with van der Waals surface area (Å²) in [6.45, 7) is 0. The Bertz CT molecular complexity index is 1350. The van der Waals surface area contributed by atoms with E-state index < -0.39 is 5.97 Å². The van der Waals surface area contributed by atoms with Gasteiger partial charge < -0.3 is 9.67 Å². The molecule has 3 saturated carbocycles. The van der Waals surface area contributed by atoms with Crippen molar-refractivity contribution in [2.75, 3.05) is 0 Å². The Hall–Kier alpha value is -3.00. The molecule has 0 amide bonds. The summed E-state index contributed by atoms with van der Waals surface area (Å²) in [7, 11) is 1.95. The van der Waals surface area contributed by atoms with Crippen LogP contribution >= 0.6 is 11.6 Å². The number of aliphatic carboxylic acids is 1. The van der Waals surface area contributed by atoms with Gasteiger partial charge in [0.1, 0.15) is 11.3 Å². The van der Waals surface area contributed by atoms with Crippen molar-refractivity contribution in [1.29, 1.82) is 0 Å². The quantitative estimate of drug-likeness (QED) is 0.481. The van der Waals surface area contributed by atoms with Gasteiger partial charge in [-0.2, -0.15) is 5.10 Å². The highest BCUT2D eigenvalue weighted by Crippen LogP contribution is 2.50. The number of carboxylic acids is 1. The Morgan fingerprint density at radius 2 is 2.00 bits per heavy atom. The molecule has 9 heteroatoms. The van der Waals surface area contributed by atoms with Crippen LogP contribution in [-0.2, 0) is 18.3 Å². The summed E-state index contributed by atoms with van der Waals surface area (Å²) in [6.07, 6.45) is 8.46. The van der Waals surface area contributed by atoms with E-state index >= 15 is 0 Å². The smallest absolute Gasteiger partial charge is 0.307 e. The van der Waals surface area contributed by atoms with Gasteiger partial charge in [0.25, 0.3) is 0 Å². The standard InChI is InChI=1S/C23H23ClN6O2/c1-30-7-6-14-17(9-15-11-2-4-12(5-3-11)18(15)23(31)32)26-21(27-22(14)30)19-16-8-13(24)10-25-20(16)29-28-19/h6-8,10-12,15,18H,2-5,9H2,1H3,(H,31,32)(H,25,28,29). The fourth-order valence-electron chi connectivity index (χ4n) is 5.99. The molecule has 0 spiro atoms. The summed E-state index contributed by atoms with van der Waals surface area (Å²) in [5.74, 6) is 0.377. The van der Waals surface area contributed by atoms with E-state index in [9.17, 15) is 9.90 Å². The van der Waals surface area contributed by atoms with Gasteiger partial charge in [-0.3, -0.25) is 9.89 Å². The molecule has 2 atom stereocenters. The molecule has 0 aromatic carbocycles. The van der Waals surface area contributed by atoms with Crippen LogP contribution in [0, 0.1) is 23.7 Å². The minimum atomic E-state index is -0.664. The molecule has 3 aliphatic carbocycles. The van der Waals surface area contributed by atoms with Crippen molar-refractivity contribution >= 4 is 39.6 Å². The van der Waals surface area contributed by atoms with Crippen molar-refractivity contribution in [1.82, 2.24) is 29.7 Å². The first-order valence-corrected chi connectivity index (χ1v) is 11.4. The number of aromatic amines is 1. The van der Waals surface area contributed by atoms with E-state index in [0.717, 1.165) is 47.8 Å². The third-order valence-corrected chi connectivity index (χ3v) is 7.72. The van der Waals surface area contributed by atoms with Crippen LogP contribution in [0.5, 0.6) is 0 Å². The molecule has 3 aliphatic rings. The Morgan fingerprint density at radius 1 is 1.22 bits per heavy atom. The van der Waals surface area contributed by atoms with Crippen molar-refractivity contribution < 1.29 is 9.90 Å². The minimum Gasteiger partial charge on any atom is -0.481 e. The molecule has 164 valence electrons. The molecule has 0 aliphatic heterocycles. The average Bonchev–Trinajstić information content (AvgIpc) is 3.37. The van der Waals surface area contributed by atoms with Crippen molar-refractivity contribution in [3.8, 4) is 11.5 Å². The highest BCUT2D eigenvalue weighted by molar-refractivity contribution is 6.31. The second-order valence-corrected chi connectivity index (χ2v) is 9.62. The van der Waals surface area contributed by atoms with Gasteiger partial charge >= 0.3 is 5.97 Å². The number of nitrogens with zero attached hydrogens (tertiary/aromatic N) is 5. The first-order valence-electron chi connectivity index (χ1n) is 11.0. The van der Waals surface area contributed by atoms with Gasteiger partial charge in [-0.25, -0.2) is 15.0 Å². The number of fused-ring (bicyclic) bond motifs is 5. The molecule has 0 saturated heterocycles. The number of carbonyl (C=O) groups is 1. The number of hydrogen-bond acceptors (Lipinski definition) is 5. The molecule has 8 nitrogen and oxygen atoms in total. The summed E-state index contributed by atoms with van der Waals surface area (Å²) in [5, 5.41) is 19.6. The SMILES string of the molecule is Cn1ccc2c(CC3C4CCC(CC4)C3C(=O)O)nc(-c3[nH]nc4ncc(Cl)cc34)nc21. The molecule has 2 unspecified atom stereocenters. The van der Waals surface area contributed by atoms with E-state index in [0.29, 0.717) is 34.5 Å². The number of carboxylic acid groups (broad SMARTS) is 1. The lowest BCUT2D eigenvalue weighted by Gasteiger charge is -2.46. The van der Waals surface area contributed by atoms with Crippen molar-refractivity contribution in [3.63, 3.8) is 0 Å². The third kappa shape index (κ3) is 3.00. The summed E-state index contributed by atoms with van der Waals surface area (Å²) in [4.78, 5) is 26.2. The molecule has 7 rings (SSSR count). The molecule has 0 radical (unpaired) electrons. The van der Waals surface area contributed by atoms with E-state index in [1.54, 1.807) is 6.20 Å². The summed E-state index contributed by atoms with van der Waals surface area (Å²) in [5.41, 5.74) is 2.93. The van der Waals surface area contributed by atoms with E-state index in [2.05, 4.69) is 15.2 Å². The van der Waals surface area contributed by atoms with Crippen molar-refractivity contribution in [3.05, 3.63) is 35.2 Å². The lowest BCUT2D eigenvalue weighted by atomic mass is 9.57.